The first-order valence-corrected chi connectivity index (χ1v) is 7.15. The summed E-state index contributed by atoms with van der Waals surface area (Å²) in [7, 11) is 0. The maximum absolute atomic E-state index is 12.1. The molecule has 0 radical (unpaired) electrons. The van der Waals surface area contributed by atoms with Crippen LogP contribution in [0.2, 0.25) is 0 Å². The number of Topliss-reactive ketones (excluding diaryl/α,β-unsaturated/α-hetero) is 1. The van der Waals surface area contributed by atoms with E-state index in [0.717, 1.165) is 36.1 Å². The van der Waals surface area contributed by atoms with Crippen LogP contribution in [0, 0.1) is 0 Å². The standard InChI is InChI=1S/C18H21NO/c1-2-4-14-7-10-16(11-8-14)18(20)12-9-15-5-3-6-17(19)13-15/h3,5-8,10-11,13H,2,4,9,12,19H2,1H3. The van der Waals surface area contributed by atoms with Gasteiger partial charge in [-0.25, -0.2) is 0 Å². The molecule has 0 unspecified atom stereocenters. The van der Waals surface area contributed by atoms with Crippen molar-refractivity contribution in [2.75, 3.05) is 5.73 Å². The van der Waals surface area contributed by atoms with E-state index in [4.69, 9.17) is 5.73 Å². The van der Waals surface area contributed by atoms with Crippen LogP contribution in [0.25, 0.3) is 0 Å². The minimum absolute atomic E-state index is 0.190. The monoisotopic (exact) mass is 267 g/mol. The highest BCUT2D eigenvalue weighted by atomic mass is 16.1. The van der Waals surface area contributed by atoms with Gasteiger partial charge in [0, 0.05) is 17.7 Å². The molecular formula is C18H21NO. The molecule has 0 fully saturated rings. The first-order chi connectivity index (χ1) is 9.69. The van der Waals surface area contributed by atoms with E-state index in [0.29, 0.717) is 6.42 Å². The third-order valence-corrected chi connectivity index (χ3v) is 3.41. The van der Waals surface area contributed by atoms with E-state index in [1.807, 2.05) is 36.4 Å². The second-order valence-electron chi connectivity index (χ2n) is 5.12. The highest BCUT2D eigenvalue weighted by Crippen LogP contribution is 2.13. The first kappa shape index (κ1) is 14.3. The normalized spacial score (nSPS) is 10.4. The zero-order valence-electron chi connectivity index (χ0n) is 11.9. The molecule has 0 aliphatic carbocycles. The van der Waals surface area contributed by atoms with E-state index in [9.17, 15) is 4.79 Å². The second kappa shape index (κ2) is 6.90. The Bertz CT molecular complexity index is 572. The predicted octanol–water partition coefficient (Wildman–Crippen LogP) is 4.04. The number of nitrogens with two attached hydrogens (primary N) is 1. The molecule has 104 valence electrons. The molecule has 2 rings (SSSR count). The lowest BCUT2D eigenvalue weighted by Crippen LogP contribution is -2.01. The molecule has 0 aliphatic rings. The molecule has 2 heteroatoms. The summed E-state index contributed by atoms with van der Waals surface area (Å²) >= 11 is 0. The summed E-state index contributed by atoms with van der Waals surface area (Å²) in [5.41, 5.74) is 9.69. The molecule has 2 nitrogen and oxygen atoms in total. The summed E-state index contributed by atoms with van der Waals surface area (Å²) in [4.78, 5) is 12.1. The highest BCUT2D eigenvalue weighted by Gasteiger charge is 2.06. The minimum atomic E-state index is 0.190. The van der Waals surface area contributed by atoms with Crippen molar-refractivity contribution in [3.63, 3.8) is 0 Å². The van der Waals surface area contributed by atoms with Crippen LogP contribution in [-0.4, -0.2) is 5.78 Å². The molecule has 0 aromatic heterocycles. The number of hydrogen-bond donors (Lipinski definition) is 1. The summed E-state index contributed by atoms with van der Waals surface area (Å²) in [5, 5.41) is 0. The predicted molar refractivity (Wildman–Crippen MR) is 83.9 cm³/mol. The van der Waals surface area contributed by atoms with Gasteiger partial charge in [0.2, 0.25) is 0 Å². The maximum atomic E-state index is 12.1. The first-order valence-electron chi connectivity index (χ1n) is 7.15. The van der Waals surface area contributed by atoms with Gasteiger partial charge < -0.3 is 5.73 Å². The molecular weight excluding hydrogens is 246 g/mol. The van der Waals surface area contributed by atoms with Crippen molar-refractivity contribution in [2.45, 2.75) is 32.6 Å². The number of anilines is 1. The quantitative estimate of drug-likeness (QED) is 0.634. The van der Waals surface area contributed by atoms with Crippen molar-refractivity contribution < 1.29 is 4.79 Å². The van der Waals surface area contributed by atoms with E-state index in [2.05, 4.69) is 19.1 Å². The molecule has 0 aliphatic heterocycles. The fourth-order valence-electron chi connectivity index (χ4n) is 2.30. The number of benzene rings is 2. The van der Waals surface area contributed by atoms with E-state index < -0.39 is 0 Å². The molecule has 0 saturated heterocycles. The molecule has 0 amide bonds. The Morgan fingerprint density at radius 1 is 1.00 bits per heavy atom. The third-order valence-electron chi connectivity index (χ3n) is 3.41. The molecule has 0 saturated carbocycles. The van der Waals surface area contributed by atoms with Crippen molar-refractivity contribution in [1.82, 2.24) is 0 Å². The van der Waals surface area contributed by atoms with E-state index >= 15 is 0 Å². The van der Waals surface area contributed by atoms with Gasteiger partial charge in [0.05, 0.1) is 0 Å². The average molecular weight is 267 g/mol. The van der Waals surface area contributed by atoms with Gasteiger partial charge in [-0.2, -0.15) is 0 Å². The fraction of sp³-hybridized carbons (Fsp3) is 0.278. The number of carbonyl (C=O) groups is 1. The Morgan fingerprint density at radius 3 is 2.40 bits per heavy atom. The zero-order chi connectivity index (χ0) is 14.4. The largest absolute Gasteiger partial charge is 0.399 e. The molecule has 0 bridgehead atoms. The molecule has 2 N–H and O–H groups in total. The maximum Gasteiger partial charge on any atom is 0.163 e. The zero-order valence-corrected chi connectivity index (χ0v) is 11.9. The molecule has 0 spiro atoms. The van der Waals surface area contributed by atoms with Crippen LogP contribution in [0.1, 0.15) is 41.3 Å². The Kier molecular flexibility index (Phi) is 4.94. The molecule has 2 aromatic rings. The number of carbonyl (C=O) groups excluding carboxylic acids is 1. The summed E-state index contributed by atoms with van der Waals surface area (Å²) in [6.07, 6.45) is 3.46. The number of ketones is 1. The second-order valence-corrected chi connectivity index (χ2v) is 5.12. The Balaban J connectivity index is 1.94. The number of nitrogen functional groups attached to an aromatic ring is 1. The third kappa shape index (κ3) is 3.95. The summed E-state index contributed by atoms with van der Waals surface area (Å²) in [6, 6.07) is 15.7. The van der Waals surface area contributed by atoms with Crippen LogP contribution in [0.4, 0.5) is 5.69 Å². The minimum Gasteiger partial charge on any atom is -0.399 e. The summed E-state index contributed by atoms with van der Waals surface area (Å²) in [6.45, 7) is 2.16. The number of aryl methyl sites for hydroxylation is 2. The van der Waals surface area contributed by atoms with Crippen LogP contribution in [0.5, 0.6) is 0 Å². The SMILES string of the molecule is CCCc1ccc(C(=O)CCc2cccc(N)c2)cc1. The van der Waals surface area contributed by atoms with Gasteiger partial charge in [-0.15, -0.1) is 0 Å². The Labute approximate surface area is 120 Å². The fourth-order valence-corrected chi connectivity index (χ4v) is 2.30. The number of rotatable bonds is 6. The average Bonchev–Trinajstić information content (AvgIpc) is 2.46. The Hall–Kier alpha value is -2.09. The van der Waals surface area contributed by atoms with Crippen LogP contribution in [0.3, 0.4) is 0 Å². The molecule has 20 heavy (non-hydrogen) atoms. The number of hydrogen-bond acceptors (Lipinski definition) is 2. The van der Waals surface area contributed by atoms with Gasteiger partial charge in [0.1, 0.15) is 0 Å². The summed E-state index contributed by atoms with van der Waals surface area (Å²) in [5.74, 6) is 0.190. The van der Waals surface area contributed by atoms with E-state index in [1.165, 1.54) is 5.56 Å². The van der Waals surface area contributed by atoms with Crippen molar-refractivity contribution >= 4 is 11.5 Å². The molecule has 0 heterocycles. The van der Waals surface area contributed by atoms with Gasteiger partial charge in [-0.05, 0) is 36.1 Å². The van der Waals surface area contributed by atoms with Crippen molar-refractivity contribution in [3.8, 4) is 0 Å². The topological polar surface area (TPSA) is 43.1 Å². The van der Waals surface area contributed by atoms with E-state index in [1.54, 1.807) is 0 Å². The van der Waals surface area contributed by atoms with Gasteiger partial charge in [-0.3, -0.25) is 4.79 Å². The van der Waals surface area contributed by atoms with Crippen LogP contribution in [-0.2, 0) is 12.8 Å². The highest BCUT2D eigenvalue weighted by molar-refractivity contribution is 5.96. The molecule has 2 aromatic carbocycles. The Morgan fingerprint density at radius 2 is 1.75 bits per heavy atom. The van der Waals surface area contributed by atoms with Gasteiger partial charge in [0.25, 0.3) is 0 Å². The molecule has 0 atom stereocenters. The van der Waals surface area contributed by atoms with Crippen molar-refractivity contribution in [1.29, 1.82) is 0 Å². The van der Waals surface area contributed by atoms with Crippen LogP contribution >= 0.6 is 0 Å². The lowest BCUT2D eigenvalue weighted by Gasteiger charge is -2.04. The lowest BCUT2D eigenvalue weighted by atomic mass is 10.0. The van der Waals surface area contributed by atoms with Gasteiger partial charge in [-0.1, -0.05) is 49.7 Å². The van der Waals surface area contributed by atoms with E-state index in [-0.39, 0.29) is 5.78 Å². The van der Waals surface area contributed by atoms with Crippen molar-refractivity contribution in [2.24, 2.45) is 0 Å². The van der Waals surface area contributed by atoms with Gasteiger partial charge >= 0.3 is 0 Å². The van der Waals surface area contributed by atoms with Crippen LogP contribution < -0.4 is 5.73 Å². The smallest absolute Gasteiger partial charge is 0.163 e. The van der Waals surface area contributed by atoms with Crippen LogP contribution in [0.15, 0.2) is 48.5 Å². The van der Waals surface area contributed by atoms with Crippen molar-refractivity contribution in [3.05, 3.63) is 65.2 Å². The lowest BCUT2D eigenvalue weighted by molar-refractivity contribution is 0.0983. The van der Waals surface area contributed by atoms with Gasteiger partial charge in [0.15, 0.2) is 5.78 Å². The summed E-state index contributed by atoms with van der Waals surface area (Å²) < 4.78 is 0.